The number of aromatic nitrogens is 1. The Hall–Kier alpha value is -3.21. The summed E-state index contributed by atoms with van der Waals surface area (Å²) in [6.07, 6.45) is 3.30. The monoisotopic (exact) mass is 547 g/mol. The van der Waals surface area contributed by atoms with Crippen LogP contribution in [-0.4, -0.2) is 34.9 Å². The summed E-state index contributed by atoms with van der Waals surface area (Å²) in [4.78, 5) is 40.9. The number of amides is 1. The number of nitrogens with zero attached hydrogens (tertiary/aromatic N) is 2. The smallest absolute Gasteiger partial charge is 0.339 e. The second-order valence-electron chi connectivity index (χ2n) is 6.90. The van der Waals surface area contributed by atoms with Crippen molar-refractivity contribution in [3.8, 4) is 5.88 Å². The van der Waals surface area contributed by atoms with E-state index >= 15 is 0 Å². The van der Waals surface area contributed by atoms with E-state index in [1.807, 2.05) is 18.2 Å². The minimum Gasteiger partial charge on any atom is -0.493 e. The first kappa shape index (κ1) is 23.0. The molecule has 8 nitrogen and oxygen atoms in total. The van der Waals surface area contributed by atoms with Gasteiger partial charge in [-0.25, -0.2) is 4.79 Å². The minimum atomic E-state index is -0.649. The number of carbonyl (C=O) groups is 2. The lowest BCUT2D eigenvalue weighted by atomic mass is 10.1. The van der Waals surface area contributed by atoms with E-state index in [4.69, 9.17) is 11.6 Å². The number of carbonyl (C=O) groups excluding carboxylic acids is 2. The van der Waals surface area contributed by atoms with Crippen LogP contribution < -0.4 is 10.2 Å². The van der Waals surface area contributed by atoms with E-state index in [9.17, 15) is 19.5 Å². The molecule has 0 atom stereocenters. The number of ether oxygens (including phenoxy) is 1. The molecule has 2 N–H and O–H groups in total. The van der Waals surface area contributed by atoms with E-state index in [1.165, 1.54) is 25.3 Å². The van der Waals surface area contributed by atoms with Crippen molar-refractivity contribution in [1.29, 1.82) is 0 Å². The van der Waals surface area contributed by atoms with Crippen molar-refractivity contribution in [3.63, 3.8) is 0 Å². The molecule has 0 aliphatic carbocycles. The Morgan fingerprint density at radius 1 is 1.30 bits per heavy atom. The molecule has 0 bridgehead atoms. The Morgan fingerprint density at radius 2 is 2.09 bits per heavy atom. The van der Waals surface area contributed by atoms with E-state index in [1.54, 1.807) is 12.3 Å². The highest BCUT2D eigenvalue weighted by atomic mass is 79.9. The number of esters is 1. The molecule has 1 amide bonds. The average molecular weight is 549 g/mol. The van der Waals surface area contributed by atoms with Crippen molar-refractivity contribution in [2.45, 2.75) is 6.54 Å². The van der Waals surface area contributed by atoms with Crippen molar-refractivity contribution in [1.82, 2.24) is 4.57 Å². The number of methoxy groups -OCH3 is 1. The predicted octanol–water partition coefficient (Wildman–Crippen LogP) is 4.71. The number of allylic oxidation sites excluding steroid dienone is 1. The predicted molar refractivity (Wildman–Crippen MR) is 132 cm³/mol. The van der Waals surface area contributed by atoms with Crippen LogP contribution in [0.25, 0.3) is 11.6 Å². The Morgan fingerprint density at radius 3 is 2.85 bits per heavy atom. The van der Waals surface area contributed by atoms with Gasteiger partial charge in [0.15, 0.2) is 0 Å². The molecule has 1 aromatic heterocycles. The Bertz CT molecular complexity index is 1410. The summed E-state index contributed by atoms with van der Waals surface area (Å²) in [6.45, 7) is -0.420. The fraction of sp³-hybridized carbons (Fsp3) is 0.0909. The maximum Gasteiger partial charge on any atom is 0.339 e. The number of aromatic hydroxyl groups is 1. The normalized spacial score (nSPS) is 13.2. The fourth-order valence-corrected chi connectivity index (χ4v) is 4.57. The van der Waals surface area contributed by atoms with Crippen LogP contribution in [0, 0.1) is 0 Å². The number of hydrogen-bond acceptors (Lipinski definition) is 7. The minimum absolute atomic E-state index is 0.0894. The van der Waals surface area contributed by atoms with Crippen molar-refractivity contribution in [3.05, 3.63) is 71.6 Å². The second-order valence-corrected chi connectivity index (χ2v) is 9.21. The van der Waals surface area contributed by atoms with E-state index < -0.39 is 23.3 Å². The van der Waals surface area contributed by atoms with Gasteiger partial charge >= 0.3 is 10.8 Å². The Balaban J connectivity index is 1.55. The molecule has 2 heterocycles. The van der Waals surface area contributed by atoms with Gasteiger partial charge in [0, 0.05) is 27.5 Å². The molecule has 0 spiro atoms. The van der Waals surface area contributed by atoms with Gasteiger partial charge in [0.2, 0.25) is 11.8 Å². The lowest BCUT2D eigenvalue weighted by Gasteiger charge is -2.09. The molecule has 0 saturated carbocycles. The molecule has 1 aliphatic heterocycles. The third-order valence-electron chi connectivity index (χ3n) is 4.75. The zero-order valence-corrected chi connectivity index (χ0v) is 20.1. The first-order valence-electron chi connectivity index (χ1n) is 9.43. The number of halogens is 2. The van der Waals surface area contributed by atoms with Gasteiger partial charge in [-0.15, -0.1) is 0 Å². The third-order valence-corrected chi connectivity index (χ3v) is 6.49. The van der Waals surface area contributed by atoms with Gasteiger partial charge in [-0.1, -0.05) is 38.9 Å². The molecule has 0 unspecified atom stereocenters. The highest BCUT2D eigenvalue weighted by Crippen LogP contribution is 2.36. The average Bonchev–Trinajstić information content (AvgIpc) is 3.30. The van der Waals surface area contributed by atoms with Gasteiger partial charge in [-0.2, -0.15) is 0 Å². The van der Waals surface area contributed by atoms with Gasteiger partial charge in [0.25, 0.3) is 0 Å². The van der Waals surface area contributed by atoms with Gasteiger partial charge in [-0.05, 0) is 42.5 Å². The third kappa shape index (κ3) is 4.77. The molecule has 4 rings (SSSR count). The number of aliphatic imine (C=N–C) groups is 1. The number of benzene rings is 2. The van der Waals surface area contributed by atoms with Crippen LogP contribution in [0.5, 0.6) is 5.88 Å². The summed E-state index contributed by atoms with van der Waals surface area (Å²) >= 11 is 10.2. The standard InChI is InChI=1S/C22H15BrClN3O5S/c1-32-21(30)15-8-13(3-4-16(15)24)26-19(28)10-27-20(29)18(33-22(27)31)6-11-9-25-17-5-2-12(23)7-14(11)17/h2-9,29H,10H2,1H3,(H,26,28). The fourth-order valence-electron chi connectivity index (χ4n) is 3.18. The van der Waals surface area contributed by atoms with Crippen LogP contribution in [0.1, 0.15) is 20.8 Å². The summed E-state index contributed by atoms with van der Waals surface area (Å²) in [7, 11) is 1.22. The van der Waals surface area contributed by atoms with Crippen molar-refractivity contribution in [2.75, 3.05) is 12.4 Å². The van der Waals surface area contributed by atoms with Crippen LogP contribution in [-0.2, 0) is 16.1 Å². The van der Waals surface area contributed by atoms with Gasteiger partial charge in [-0.3, -0.25) is 19.1 Å². The molecule has 0 radical (unpaired) electrons. The molecule has 3 aromatic rings. The maximum atomic E-state index is 12.5. The lowest BCUT2D eigenvalue weighted by Crippen LogP contribution is -2.24. The highest BCUT2D eigenvalue weighted by Gasteiger charge is 2.19. The topological polar surface area (TPSA) is 110 Å². The maximum absolute atomic E-state index is 12.5. The van der Waals surface area contributed by atoms with Crippen LogP contribution in [0.4, 0.5) is 11.4 Å². The SMILES string of the molecule is COC(=O)c1cc(NC(=O)Cn2c(O)c(C=C3C=Nc4ccc(Br)cc43)sc2=O)ccc1Cl. The van der Waals surface area contributed by atoms with Crippen molar-refractivity contribution in [2.24, 2.45) is 4.99 Å². The first-order chi connectivity index (χ1) is 15.8. The number of nitrogens with one attached hydrogen (secondary N) is 1. The molecule has 0 saturated heterocycles. The van der Waals surface area contributed by atoms with Crippen LogP contribution in [0.15, 0.2) is 50.7 Å². The van der Waals surface area contributed by atoms with Crippen molar-refractivity contribution < 1.29 is 19.4 Å². The number of rotatable bonds is 5. The summed E-state index contributed by atoms with van der Waals surface area (Å²) in [5.41, 5.74) is 2.75. The summed E-state index contributed by atoms with van der Waals surface area (Å²) in [6, 6.07) is 9.95. The highest BCUT2D eigenvalue weighted by molar-refractivity contribution is 9.10. The summed E-state index contributed by atoms with van der Waals surface area (Å²) in [5, 5.41) is 13.3. The largest absolute Gasteiger partial charge is 0.493 e. The van der Waals surface area contributed by atoms with E-state index in [-0.39, 0.29) is 16.5 Å². The zero-order chi connectivity index (χ0) is 23.7. The zero-order valence-electron chi connectivity index (χ0n) is 17.0. The molecule has 0 fully saturated rings. The molecule has 168 valence electrons. The molecule has 33 heavy (non-hydrogen) atoms. The van der Waals surface area contributed by atoms with E-state index in [0.717, 1.165) is 37.2 Å². The summed E-state index contributed by atoms with van der Waals surface area (Å²) < 4.78 is 6.51. The van der Waals surface area contributed by atoms with E-state index in [0.29, 0.717) is 10.6 Å². The van der Waals surface area contributed by atoms with Gasteiger partial charge in [0.1, 0.15) is 6.54 Å². The molecule has 2 aromatic carbocycles. The molecular weight excluding hydrogens is 534 g/mol. The number of thiazole rings is 1. The van der Waals surface area contributed by atoms with Gasteiger partial charge in [0.05, 0.1) is 28.3 Å². The summed E-state index contributed by atoms with van der Waals surface area (Å²) in [5.74, 6) is -1.54. The van der Waals surface area contributed by atoms with Crippen LogP contribution in [0.2, 0.25) is 5.02 Å². The molecular formula is C22H15BrClN3O5S. The Kier molecular flexibility index (Phi) is 6.50. The van der Waals surface area contributed by atoms with Crippen LogP contribution >= 0.6 is 38.9 Å². The molecule has 1 aliphatic rings. The molecule has 11 heteroatoms. The van der Waals surface area contributed by atoms with Gasteiger partial charge < -0.3 is 15.2 Å². The number of hydrogen-bond donors (Lipinski definition) is 2. The number of anilines is 1. The second kappa shape index (κ2) is 9.34. The number of fused-ring (bicyclic) bond motifs is 1. The Labute approximate surface area is 204 Å². The lowest BCUT2D eigenvalue weighted by molar-refractivity contribution is -0.116. The quantitative estimate of drug-likeness (QED) is 0.449. The van der Waals surface area contributed by atoms with E-state index in [2.05, 4.69) is 31.0 Å². The van der Waals surface area contributed by atoms with Crippen molar-refractivity contribution >= 4 is 80.0 Å². The van der Waals surface area contributed by atoms with Crippen LogP contribution in [0.3, 0.4) is 0 Å². The first-order valence-corrected chi connectivity index (χ1v) is 11.4.